The van der Waals surface area contributed by atoms with Crippen LogP contribution in [0.5, 0.6) is 0 Å². The smallest absolute Gasteiger partial charge is 0.268 e. The third kappa shape index (κ3) is 2.94. The van der Waals surface area contributed by atoms with E-state index in [2.05, 4.69) is 5.10 Å². The molecule has 0 saturated carbocycles. The van der Waals surface area contributed by atoms with E-state index in [1.807, 2.05) is 0 Å². The van der Waals surface area contributed by atoms with E-state index in [-0.39, 0.29) is 28.2 Å². The van der Waals surface area contributed by atoms with Crippen LogP contribution in [0, 0.1) is 34.1 Å². The summed E-state index contributed by atoms with van der Waals surface area (Å²) < 4.78 is 1.48. The molecule has 0 radical (unpaired) electrons. The van der Waals surface area contributed by atoms with Crippen molar-refractivity contribution in [1.29, 1.82) is 0 Å². The highest BCUT2D eigenvalue weighted by Crippen LogP contribution is 2.38. The van der Waals surface area contributed by atoms with E-state index in [0.29, 0.717) is 27.8 Å². The number of nitro benzene ring substituents is 2. The van der Waals surface area contributed by atoms with Gasteiger partial charge >= 0.3 is 0 Å². The number of carbonyl (C=O) groups is 2. The van der Waals surface area contributed by atoms with Crippen molar-refractivity contribution in [2.24, 2.45) is 0 Å². The minimum absolute atomic E-state index is 0.0567. The molecule has 5 rings (SSSR count). The lowest BCUT2D eigenvalue weighted by Crippen LogP contribution is -2.41. The van der Waals surface area contributed by atoms with Gasteiger partial charge in [0.15, 0.2) is 0 Å². The maximum Gasteiger partial charge on any atom is 0.270 e. The lowest BCUT2D eigenvalue weighted by atomic mass is 9.93. The average molecular weight is 457 g/mol. The Balaban J connectivity index is 1.68. The highest BCUT2D eigenvalue weighted by atomic mass is 16.6. The molecule has 2 amide bonds. The number of anilines is 1. The van der Waals surface area contributed by atoms with Crippen molar-refractivity contribution in [3.63, 3.8) is 0 Å². The highest BCUT2D eigenvalue weighted by molar-refractivity contribution is 6.36. The van der Waals surface area contributed by atoms with Crippen molar-refractivity contribution < 1.29 is 19.4 Å². The predicted octanol–water partition coefficient (Wildman–Crippen LogP) is 4.26. The monoisotopic (exact) mass is 457 g/mol. The molecular formula is C23H15N5O6. The molecule has 3 aromatic carbocycles. The summed E-state index contributed by atoms with van der Waals surface area (Å²) in [6, 6.07) is 13.0. The zero-order chi connectivity index (χ0) is 24.3. The lowest BCUT2D eigenvalue weighted by Gasteiger charge is -2.27. The van der Waals surface area contributed by atoms with Crippen molar-refractivity contribution in [2.75, 3.05) is 4.90 Å². The number of non-ortho nitro benzene ring substituents is 2. The summed E-state index contributed by atoms with van der Waals surface area (Å²) in [5, 5.41) is 27.6. The molecule has 0 atom stereocenters. The van der Waals surface area contributed by atoms with Crippen molar-refractivity contribution in [1.82, 2.24) is 9.78 Å². The van der Waals surface area contributed by atoms with Gasteiger partial charge in [-0.1, -0.05) is 12.1 Å². The summed E-state index contributed by atoms with van der Waals surface area (Å²) in [6.45, 7) is 3.30. The van der Waals surface area contributed by atoms with E-state index in [1.165, 1.54) is 41.1 Å². The van der Waals surface area contributed by atoms with E-state index in [9.17, 15) is 29.8 Å². The molecule has 0 saturated heterocycles. The van der Waals surface area contributed by atoms with Gasteiger partial charge in [0, 0.05) is 35.2 Å². The molecule has 11 heteroatoms. The van der Waals surface area contributed by atoms with Gasteiger partial charge in [-0.2, -0.15) is 5.10 Å². The lowest BCUT2D eigenvalue weighted by molar-refractivity contribution is -0.385. The van der Waals surface area contributed by atoms with Gasteiger partial charge in [0.25, 0.3) is 23.2 Å². The van der Waals surface area contributed by atoms with Crippen molar-refractivity contribution >= 4 is 39.6 Å². The average Bonchev–Trinajstić information content (AvgIpc) is 3.11. The number of aryl methyl sites for hydroxylation is 1. The molecule has 0 unspecified atom stereocenters. The molecule has 2 heterocycles. The van der Waals surface area contributed by atoms with Gasteiger partial charge in [-0.25, -0.2) is 9.58 Å². The summed E-state index contributed by atoms with van der Waals surface area (Å²) in [5.74, 6) is -1.25. The SMILES string of the molecule is Cc1nn(-c2ccc([N+](=O)[O-])cc2)c(C)c1N1C(=O)c2cccc3cc([N+](=O)[O-])cc(c23)C1=O. The number of hydrogen-bond acceptors (Lipinski definition) is 7. The Hall–Kier alpha value is -4.93. The summed E-state index contributed by atoms with van der Waals surface area (Å²) >= 11 is 0. The van der Waals surface area contributed by atoms with Crippen LogP contribution >= 0.6 is 0 Å². The minimum atomic E-state index is -0.688. The molecule has 0 spiro atoms. The van der Waals surface area contributed by atoms with Crippen LogP contribution in [0.1, 0.15) is 32.1 Å². The van der Waals surface area contributed by atoms with Gasteiger partial charge in [0.1, 0.15) is 0 Å². The Morgan fingerprint density at radius 2 is 1.47 bits per heavy atom. The first-order chi connectivity index (χ1) is 16.2. The number of nitrogens with zero attached hydrogens (tertiary/aromatic N) is 5. The number of imide groups is 1. The predicted molar refractivity (Wildman–Crippen MR) is 121 cm³/mol. The van der Waals surface area contributed by atoms with Crippen molar-refractivity contribution in [2.45, 2.75) is 13.8 Å². The largest absolute Gasteiger partial charge is 0.270 e. The van der Waals surface area contributed by atoms with Gasteiger partial charge in [-0.15, -0.1) is 0 Å². The number of amides is 2. The van der Waals surface area contributed by atoms with Gasteiger partial charge in [-0.3, -0.25) is 29.8 Å². The molecule has 1 aliphatic rings. The molecule has 0 bridgehead atoms. The van der Waals surface area contributed by atoms with E-state index in [0.717, 1.165) is 4.90 Å². The second-order valence-electron chi connectivity index (χ2n) is 7.80. The first-order valence-electron chi connectivity index (χ1n) is 10.1. The molecule has 0 fully saturated rings. The molecule has 1 aromatic heterocycles. The fourth-order valence-electron chi connectivity index (χ4n) is 4.33. The zero-order valence-electron chi connectivity index (χ0n) is 17.9. The molecule has 0 N–H and O–H groups in total. The van der Waals surface area contributed by atoms with Gasteiger partial charge in [0.05, 0.1) is 38.2 Å². The van der Waals surface area contributed by atoms with Crippen LogP contribution in [0.15, 0.2) is 54.6 Å². The fourth-order valence-corrected chi connectivity index (χ4v) is 4.33. The van der Waals surface area contributed by atoms with Gasteiger partial charge in [-0.05, 0) is 37.4 Å². The number of carbonyl (C=O) groups excluding carboxylic acids is 2. The summed E-state index contributed by atoms with van der Waals surface area (Å²) in [7, 11) is 0. The Morgan fingerprint density at radius 3 is 2.12 bits per heavy atom. The Bertz CT molecular complexity index is 1570. The number of aromatic nitrogens is 2. The van der Waals surface area contributed by atoms with Crippen LogP contribution in [0.25, 0.3) is 16.5 Å². The second-order valence-corrected chi connectivity index (χ2v) is 7.80. The van der Waals surface area contributed by atoms with Crippen LogP contribution in [-0.4, -0.2) is 31.4 Å². The Kier molecular flexibility index (Phi) is 4.50. The topological polar surface area (TPSA) is 141 Å². The van der Waals surface area contributed by atoms with Crippen LogP contribution < -0.4 is 4.90 Å². The maximum atomic E-state index is 13.5. The standard InChI is InChI=1S/C23H15N5O6/c1-12-21(13(2)26(24-12)15-6-8-16(9-7-15)27(31)32)25-22(29)18-5-3-4-14-10-17(28(33)34)11-19(20(14)18)23(25)30/h3-11H,1-2H3. The quantitative estimate of drug-likeness (QED) is 0.253. The number of nitro groups is 2. The Labute approximate surface area is 191 Å². The van der Waals surface area contributed by atoms with Gasteiger partial charge in [0.2, 0.25) is 0 Å². The summed E-state index contributed by atoms with van der Waals surface area (Å²) in [6.07, 6.45) is 0. The summed E-state index contributed by atoms with van der Waals surface area (Å²) in [5.41, 5.74) is 1.56. The molecule has 168 valence electrons. The van der Waals surface area contributed by atoms with Crippen LogP contribution in [-0.2, 0) is 0 Å². The number of hydrogen-bond donors (Lipinski definition) is 0. The number of benzene rings is 3. The molecule has 11 nitrogen and oxygen atoms in total. The van der Waals surface area contributed by atoms with Crippen LogP contribution in [0.3, 0.4) is 0 Å². The molecular weight excluding hydrogens is 442 g/mol. The van der Waals surface area contributed by atoms with Gasteiger partial charge < -0.3 is 0 Å². The van der Waals surface area contributed by atoms with Crippen molar-refractivity contribution in [3.8, 4) is 5.69 Å². The Morgan fingerprint density at radius 1 is 0.824 bits per heavy atom. The second kappa shape index (κ2) is 7.30. The fraction of sp³-hybridized carbons (Fsp3) is 0.0870. The first kappa shape index (κ1) is 20.9. The maximum absolute atomic E-state index is 13.5. The first-order valence-corrected chi connectivity index (χ1v) is 10.1. The zero-order valence-corrected chi connectivity index (χ0v) is 17.9. The molecule has 0 aliphatic carbocycles. The third-order valence-corrected chi connectivity index (χ3v) is 5.82. The van der Waals surface area contributed by atoms with E-state index >= 15 is 0 Å². The van der Waals surface area contributed by atoms with E-state index in [1.54, 1.807) is 32.0 Å². The summed E-state index contributed by atoms with van der Waals surface area (Å²) in [4.78, 5) is 49.3. The molecule has 4 aromatic rings. The van der Waals surface area contributed by atoms with E-state index in [4.69, 9.17) is 0 Å². The number of rotatable bonds is 4. The van der Waals surface area contributed by atoms with Crippen LogP contribution in [0.2, 0.25) is 0 Å². The van der Waals surface area contributed by atoms with E-state index < -0.39 is 21.7 Å². The third-order valence-electron chi connectivity index (χ3n) is 5.82. The molecule has 34 heavy (non-hydrogen) atoms. The van der Waals surface area contributed by atoms with Crippen molar-refractivity contribution in [3.05, 3.63) is 97.3 Å². The normalized spacial score (nSPS) is 12.9. The molecule has 1 aliphatic heterocycles. The van der Waals surface area contributed by atoms with Crippen LogP contribution in [0.4, 0.5) is 17.1 Å². The highest BCUT2D eigenvalue weighted by Gasteiger charge is 2.38. The minimum Gasteiger partial charge on any atom is -0.268 e.